The summed E-state index contributed by atoms with van der Waals surface area (Å²) in [4.78, 5) is 12.5. The van der Waals surface area contributed by atoms with Gasteiger partial charge in [0.1, 0.15) is 11.3 Å². The molecule has 0 aliphatic carbocycles. The highest BCUT2D eigenvalue weighted by Crippen LogP contribution is 2.29. The molecule has 0 aliphatic rings. The van der Waals surface area contributed by atoms with Crippen molar-refractivity contribution in [3.8, 4) is 5.75 Å². The first-order chi connectivity index (χ1) is 13.7. The maximum absolute atomic E-state index is 12.5. The van der Waals surface area contributed by atoms with Crippen LogP contribution in [-0.4, -0.2) is 27.2 Å². The number of fused-ring (bicyclic) bond motifs is 1. The molecule has 3 aromatic rings. The average molecular weight is 416 g/mol. The number of sulfonamides is 1. The van der Waals surface area contributed by atoms with Crippen LogP contribution in [0.25, 0.3) is 11.0 Å². The third kappa shape index (κ3) is 4.71. The summed E-state index contributed by atoms with van der Waals surface area (Å²) in [6.45, 7) is 5.58. The molecule has 0 atom stereocenters. The Morgan fingerprint density at radius 1 is 1.14 bits per heavy atom. The van der Waals surface area contributed by atoms with Gasteiger partial charge in [0, 0.05) is 22.7 Å². The van der Waals surface area contributed by atoms with E-state index in [4.69, 9.17) is 9.15 Å². The number of carbonyl (C=O) groups is 1. The monoisotopic (exact) mass is 416 g/mol. The number of rotatable bonds is 7. The topological polar surface area (TPSA) is 97.6 Å². The van der Waals surface area contributed by atoms with Crippen LogP contribution in [0.5, 0.6) is 5.75 Å². The molecule has 1 amide bonds. The predicted molar refractivity (Wildman–Crippen MR) is 114 cm³/mol. The molecule has 0 radical (unpaired) electrons. The number of amides is 1. The van der Waals surface area contributed by atoms with Gasteiger partial charge in [-0.2, -0.15) is 0 Å². The number of methoxy groups -OCH3 is 1. The van der Waals surface area contributed by atoms with Crippen LogP contribution in [0.15, 0.2) is 41.0 Å². The SMILES string of the molecule is CCS(=O)(=O)Nc1ccc(NC(=O)Cc2coc3cc(C)c(C)cc23)cc1OC. The number of furan rings is 1. The van der Waals surface area contributed by atoms with Crippen molar-refractivity contribution in [3.63, 3.8) is 0 Å². The molecule has 0 spiro atoms. The molecule has 2 aromatic carbocycles. The second-order valence-corrected chi connectivity index (χ2v) is 8.85. The second kappa shape index (κ2) is 8.16. The van der Waals surface area contributed by atoms with Crippen LogP contribution in [0.1, 0.15) is 23.6 Å². The number of hydrogen-bond donors (Lipinski definition) is 2. The van der Waals surface area contributed by atoms with Gasteiger partial charge in [-0.1, -0.05) is 0 Å². The zero-order chi connectivity index (χ0) is 21.2. The van der Waals surface area contributed by atoms with Crippen LogP contribution in [0.2, 0.25) is 0 Å². The van der Waals surface area contributed by atoms with Gasteiger partial charge in [-0.15, -0.1) is 0 Å². The van der Waals surface area contributed by atoms with Crippen molar-refractivity contribution < 1.29 is 22.4 Å². The highest BCUT2D eigenvalue weighted by atomic mass is 32.2. The average Bonchev–Trinajstić information content (AvgIpc) is 3.04. The van der Waals surface area contributed by atoms with Gasteiger partial charge in [0.2, 0.25) is 15.9 Å². The first-order valence-electron chi connectivity index (χ1n) is 9.18. The minimum absolute atomic E-state index is 0.0493. The fourth-order valence-corrected chi connectivity index (χ4v) is 3.59. The molecular formula is C21H24N2O5S. The zero-order valence-corrected chi connectivity index (χ0v) is 17.6. The van der Waals surface area contributed by atoms with Crippen LogP contribution >= 0.6 is 0 Å². The molecule has 3 rings (SSSR count). The Bertz CT molecular complexity index is 1170. The van der Waals surface area contributed by atoms with Crippen molar-refractivity contribution in [1.82, 2.24) is 0 Å². The van der Waals surface area contributed by atoms with Gasteiger partial charge in [0.25, 0.3) is 0 Å². The van der Waals surface area contributed by atoms with E-state index in [1.165, 1.54) is 7.11 Å². The first kappa shape index (κ1) is 20.7. The van der Waals surface area contributed by atoms with Crippen molar-refractivity contribution in [1.29, 1.82) is 0 Å². The van der Waals surface area contributed by atoms with Crippen LogP contribution in [-0.2, 0) is 21.2 Å². The Labute approximate surface area is 170 Å². The fraction of sp³-hybridized carbons (Fsp3) is 0.286. The van der Waals surface area contributed by atoms with Gasteiger partial charge in [0.05, 0.1) is 31.2 Å². The molecule has 2 N–H and O–H groups in total. The van der Waals surface area contributed by atoms with E-state index in [2.05, 4.69) is 10.0 Å². The molecule has 154 valence electrons. The van der Waals surface area contributed by atoms with Crippen LogP contribution in [0.3, 0.4) is 0 Å². The number of nitrogens with one attached hydrogen (secondary N) is 2. The summed E-state index contributed by atoms with van der Waals surface area (Å²) in [5.41, 5.74) is 4.65. The van der Waals surface area contributed by atoms with E-state index in [1.807, 2.05) is 26.0 Å². The lowest BCUT2D eigenvalue weighted by atomic mass is 10.0. The molecule has 0 fully saturated rings. The molecule has 29 heavy (non-hydrogen) atoms. The standard InChI is InChI=1S/C21H24N2O5S/c1-5-29(25,26)23-18-7-6-16(11-20(18)27-4)22-21(24)10-15-12-28-19-9-14(3)13(2)8-17(15)19/h6-9,11-12,23H,5,10H2,1-4H3,(H,22,24). The molecule has 0 bridgehead atoms. The normalized spacial score (nSPS) is 11.4. The van der Waals surface area contributed by atoms with E-state index in [9.17, 15) is 13.2 Å². The summed E-state index contributed by atoms with van der Waals surface area (Å²) in [6.07, 6.45) is 1.76. The molecule has 0 saturated heterocycles. The lowest BCUT2D eigenvalue weighted by molar-refractivity contribution is -0.115. The van der Waals surface area contributed by atoms with Crippen LogP contribution in [0, 0.1) is 13.8 Å². The van der Waals surface area contributed by atoms with Gasteiger partial charge >= 0.3 is 0 Å². The summed E-state index contributed by atoms with van der Waals surface area (Å²) in [5.74, 6) is 0.0568. The molecule has 0 aliphatic heterocycles. The number of benzene rings is 2. The summed E-state index contributed by atoms with van der Waals surface area (Å²) in [6, 6.07) is 8.74. The van der Waals surface area contributed by atoms with Crippen LogP contribution in [0.4, 0.5) is 11.4 Å². The Kier molecular flexibility index (Phi) is 5.83. The maximum atomic E-state index is 12.5. The Hall–Kier alpha value is -3.00. The molecule has 1 aromatic heterocycles. The lowest BCUT2D eigenvalue weighted by Gasteiger charge is -2.13. The van der Waals surface area contributed by atoms with Gasteiger partial charge in [-0.05, 0) is 56.2 Å². The predicted octanol–water partition coefficient (Wildman–Crippen LogP) is 4.00. The van der Waals surface area contributed by atoms with Crippen LogP contribution < -0.4 is 14.8 Å². The number of carbonyl (C=O) groups excluding carboxylic acids is 1. The molecule has 0 saturated carbocycles. The summed E-state index contributed by atoms with van der Waals surface area (Å²) >= 11 is 0. The smallest absolute Gasteiger partial charge is 0.232 e. The van der Waals surface area contributed by atoms with Crippen molar-refractivity contribution in [2.75, 3.05) is 22.9 Å². The van der Waals surface area contributed by atoms with Crippen molar-refractivity contribution in [2.45, 2.75) is 27.2 Å². The first-order valence-corrected chi connectivity index (χ1v) is 10.8. The van der Waals surface area contributed by atoms with Crippen molar-refractivity contribution >= 4 is 38.3 Å². The summed E-state index contributed by atoms with van der Waals surface area (Å²) in [5, 5.41) is 3.73. The highest BCUT2D eigenvalue weighted by Gasteiger charge is 2.15. The number of anilines is 2. The minimum Gasteiger partial charge on any atom is -0.494 e. The van der Waals surface area contributed by atoms with Gasteiger partial charge in [0.15, 0.2) is 0 Å². The van der Waals surface area contributed by atoms with Gasteiger partial charge in [-0.25, -0.2) is 8.42 Å². The third-order valence-electron chi connectivity index (χ3n) is 4.75. The summed E-state index contributed by atoms with van der Waals surface area (Å²) in [7, 11) is -1.99. The highest BCUT2D eigenvalue weighted by molar-refractivity contribution is 7.92. The second-order valence-electron chi connectivity index (χ2n) is 6.84. The quantitative estimate of drug-likeness (QED) is 0.607. The Morgan fingerprint density at radius 2 is 1.86 bits per heavy atom. The molecule has 1 heterocycles. The van der Waals surface area contributed by atoms with E-state index in [-0.39, 0.29) is 18.1 Å². The van der Waals surface area contributed by atoms with E-state index in [0.717, 1.165) is 27.7 Å². The summed E-state index contributed by atoms with van der Waals surface area (Å²) < 4.78 is 36.9. The zero-order valence-electron chi connectivity index (χ0n) is 16.8. The molecule has 0 unspecified atom stereocenters. The van der Waals surface area contributed by atoms with Crippen molar-refractivity contribution in [2.24, 2.45) is 0 Å². The fourth-order valence-electron chi connectivity index (χ4n) is 2.94. The van der Waals surface area contributed by atoms with E-state index < -0.39 is 10.0 Å². The van der Waals surface area contributed by atoms with E-state index in [0.29, 0.717) is 17.1 Å². The van der Waals surface area contributed by atoms with E-state index >= 15 is 0 Å². The lowest BCUT2D eigenvalue weighted by Crippen LogP contribution is -2.16. The van der Waals surface area contributed by atoms with Gasteiger partial charge < -0.3 is 14.5 Å². The molecule has 8 heteroatoms. The largest absolute Gasteiger partial charge is 0.494 e. The maximum Gasteiger partial charge on any atom is 0.232 e. The van der Waals surface area contributed by atoms with Crippen molar-refractivity contribution in [3.05, 3.63) is 53.3 Å². The Morgan fingerprint density at radius 3 is 2.55 bits per heavy atom. The third-order valence-corrected chi connectivity index (χ3v) is 6.04. The minimum atomic E-state index is -3.43. The number of aryl methyl sites for hydroxylation is 2. The Balaban J connectivity index is 1.76. The molecular weight excluding hydrogens is 392 g/mol. The number of hydrogen-bond acceptors (Lipinski definition) is 5. The van der Waals surface area contributed by atoms with E-state index in [1.54, 1.807) is 31.4 Å². The molecule has 7 nitrogen and oxygen atoms in total. The number of ether oxygens (including phenoxy) is 1. The van der Waals surface area contributed by atoms with Gasteiger partial charge in [-0.3, -0.25) is 9.52 Å².